The molecule has 0 aliphatic heterocycles. The van der Waals surface area contributed by atoms with E-state index in [1.165, 1.54) is 0 Å². The zero-order valence-electron chi connectivity index (χ0n) is 17.5. The molecule has 2 aliphatic carbocycles. The van der Waals surface area contributed by atoms with E-state index in [1.807, 2.05) is 36.1 Å². The first kappa shape index (κ1) is 20.3. The third-order valence-electron chi connectivity index (χ3n) is 5.44. The Kier molecular flexibility index (Phi) is 5.93. The topological polar surface area (TPSA) is 67.9 Å². The molecule has 0 aromatic heterocycles. The first-order chi connectivity index (χ1) is 14.6. The number of carbonyl (C=O) groups is 2. The quantitative estimate of drug-likeness (QED) is 0.686. The van der Waals surface area contributed by atoms with Crippen LogP contribution in [0.25, 0.3) is 0 Å². The van der Waals surface area contributed by atoms with Gasteiger partial charge in [0.15, 0.2) is 11.5 Å². The Labute approximate surface area is 177 Å². The van der Waals surface area contributed by atoms with Gasteiger partial charge in [0.2, 0.25) is 0 Å². The van der Waals surface area contributed by atoms with Crippen molar-refractivity contribution in [2.45, 2.75) is 51.2 Å². The molecule has 0 radical (unpaired) electrons. The van der Waals surface area contributed by atoms with Gasteiger partial charge in [0.05, 0.1) is 13.7 Å². The molecule has 0 heterocycles. The number of benzene rings is 2. The molecule has 6 nitrogen and oxygen atoms in total. The molecule has 158 valence electrons. The summed E-state index contributed by atoms with van der Waals surface area (Å²) in [6.45, 7) is 2.96. The van der Waals surface area contributed by atoms with Crippen LogP contribution in [0.3, 0.4) is 0 Å². The molecule has 1 N–H and O–H groups in total. The SMILES string of the molecule is CCOc1ccc(C(=O)N(Cc2ccc(C(=O)NC3CC3)cc2)C2CC2)cc1OC. The predicted octanol–water partition coefficient (Wildman–Crippen LogP) is 3.79. The highest BCUT2D eigenvalue weighted by Gasteiger charge is 2.33. The summed E-state index contributed by atoms with van der Waals surface area (Å²) in [7, 11) is 1.58. The van der Waals surface area contributed by atoms with E-state index in [2.05, 4.69) is 5.32 Å². The van der Waals surface area contributed by atoms with Crippen molar-refractivity contribution in [2.75, 3.05) is 13.7 Å². The van der Waals surface area contributed by atoms with Crippen LogP contribution in [-0.2, 0) is 6.54 Å². The normalized spacial score (nSPS) is 15.4. The first-order valence-corrected chi connectivity index (χ1v) is 10.6. The lowest BCUT2D eigenvalue weighted by molar-refractivity contribution is 0.0729. The maximum absolute atomic E-state index is 13.2. The summed E-state index contributed by atoms with van der Waals surface area (Å²) in [5.41, 5.74) is 2.25. The van der Waals surface area contributed by atoms with Crippen molar-refractivity contribution in [3.8, 4) is 11.5 Å². The molecule has 2 amide bonds. The molecular formula is C24H28N2O4. The molecule has 0 saturated heterocycles. The molecule has 0 unspecified atom stereocenters. The van der Waals surface area contributed by atoms with Crippen LogP contribution in [0.15, 0.2) is 42.5 Å². The summed E-state index contributed by atoms with van der Waals surface area (Å²) in [6.07, 6.45) is 4.17. The van der Waals surface area contributed by atoms with E-state index in [0.717, 1.165) is 31.2 Å². The van der Waals surface area contributed by atoms with Crippen LogP contribution in [0.2, 0.25) is 0 Å². The minimum absolute atomic E-state index is 0.0191. The van der Waals surface area contributed by atoms with Crippen molar-refractivity contribution in [2.24, 2.45) is 0 Å². The van der Waals surface area contributed by atoms with Gasteiger partial charge in [0.1, 0.15) is 0 Å². The molecular weight excluding hydrogens is 380 g/mol. The van der Waals surface area contributed by atoms with E-state index in [9.17, 15) is 9.59 Å². The van der Waals surface area contributed by atoms with Gasteiger partial charge in [0, 0.05) is 29.8 Å². The zero-order chi connectivity index (χ0) is 21.1. The van der Waals surface area contributed by atoms with E-state index >= 15 is 0 Å². The van der Waals surface area contributed by atoms with Gasteiger partial charge in [-0.15, -0.1) is 0 Å². The maximum atomic E-state index is 13.2. The van der Waals surface area contributed by atoms with Gasteiger partial charge in [-0.25, -0.2) is 0 Å². The number of nitrogens with one attached hydrogen (secondary N) is 1. The number of carbonyl (C=O) groups excluding carboxylic acids is 2. The summed E-state index contributed by atoms with van der Waals surface area (Å²) < 4.78 is 11.0. The Hall–Kier alpha value is -3.02. The Morgan fingerprint density at radius 3 is 2.30 bits per heavy atom. The number of ether oxygens (including phenoxy) is 2. The van der Waals surface area contributed by atoms with Crippen LogP contribution in [-0.4, -0.2) is 42.5 Å². The highest BCUT2D eigenvalue weighted by Crippen LogP contribution is 2.33. The smallest absolute Gasteiger partial charge is 0.254 e. The molecule has 2 aromatic rings. The number of amides is 2. The zero-order valence-corrected chi connectivity index (χ0v) is 17.5. The summed E-state index contributed by atoms with van der Waals surface area (Å²) in [4.78, 5) is 27.3. The van der Waals surface area contributed by atoms with Gasteiger partial charge >= 0.3 is 0 Å². The molecule has 2 aromatic carbocycles. The third-order valence-corrected chi connectivity index (χ3v) is 5.44. The molecule has 30 heavy (non-hydrogen) atoms. The number of hydrogen-bond donors (Lipinski definition) is 1. The Morgan fingerprint density at radius 2 is 1.70 bits per heavy atom. The van der Waals surface area contributed by atoms with Gasteiger partial charge in [0.25, 0.3) is 11.8 Å². The van der Waals surface area contributed by atoms with E-state index in [4.69, 9.17) is 9.47 Å². The lowest BCUT2D eigenvalue weighted by atomic mass is 10.1. The van der Waals surface area contributed by atoms with E-state index in [1.54, 1.807) is 25.3 Å². The average Bonchev–Trinajstić information content (AvgIpc) is 3.67. The molecule has 0 atom stereocenters. The summed E-state index contributed by atoms with van der Waals surface area (Å²) in [5.74, 6) is 1.15. The largest absolute Gasteiger partial charge is 0.493 e. The highest BCUT2D eigenvalue weighted by atomic mass is 16.5. The van der Waals surface area contributed by atoms with Crippen LogP contribution in [0.1, 0.15) is 58.9 Å². The number of nitrogens with zero attached hydrogens (tertiary/aromatic N) is 1. The van der Waals surface area contributed by atoms with Crippen molar-refractivity contribution in [3.05, 3.63) is 59.2 Å². The Morgan fingerprint density at radius 1 is 1.00 bits per heavy atom. The minimum atomic E-state index is -0.0272. The molecule has 2 fully saturated rings. The standard InChI is InChI=1S/C24H28N2O4/c1-3-30-21-13-8-18(14-22(21)29-2)24(28)26(20-11-12-20)15-16-4-6-17(7-5-16)23(27)25-19-9-10-19/h4-8,13-14,19-20H,3,9-12,15H2,1-2H3,(H,25,27). The Balaban J connectivity index is 1.47. The van der Waals surface area contributed by atoms with Gasteiger partial charge in [-0.1, -0.05) is 12.1 Å². The molecule has 2 aliphatic rings. The van der Waals surface area contributed by atoms with Crippen molar-refractivity contribution >= 4 is 11.8 Å². The van der Waals surface area contributed by atoms with E-state index in [-0.39, 0.29) is 17.9 Å². The highest BCUT2D eigenvalue weighted by molar-refractivity contribution is 5.96. The van der Waals surface area contributed by atoms with Crippen molar-refractivity contribution in [1.82, 2.24) is 10.2 Å². The summed E-state index contributed by atoms with van der Waals surface area (Å²) in [6, 6.07) is 13.5. The second-order valence-corrected chi connectivity index (χ2v) is 7.91. The third kappa shape index (κ3) is 4.75. The monoisotopic (exact) mass is 408 g/mol. The maximum Gasteiger partial charge on any atom is 0.254 e. The summed E-state index contributed by atoms with van der Waals surface area (Å²) in [5, 5.41) is 3.00. The van der Waals surface area contributed by atoms with Gasteiger partial charge < -0.3 is 19.7 Å². The van der Waals surface area contributed by atoms with Crippen LogP contribution < -0.4 is 14.8 Å². The molecule has 0 bridgehead atoms. The van der Waals surface area contributed by atoms with E-state index in [0.29, 0.717) is 41.8 Å². The molecule has 4 rings (SSSR count). The molecule has 6 heteroatoms. The minimum Gasteiger partial charge on any atom is -0.493 e. The number of hydrogen-bond acceptors (Lipinski definition) is 4. The van der Waals surface area contributed by atoms with Gasteiger partial charge in [-0.2, -0.15) is 0 Å². The van der Waals surface area contributed by atoms with Crippen LogP contribution in [0, 0.1) is 0 Å². The lowest BCUT2D eigenvalue weighted by Crippen LogP contribution is -2.32. The van der Waals surface area contributed by atoms with Crippen LogP contribution in [0.4, 0.5) is 0 Å². The summed E-state index contributed by atoms with van der Waals surface area (Å²) >= 11 is 0. The molecule has 2 saturated carbocycles. The fraction of sp³-hybridized carbons (Fsp3) is 0.417. The van der Waals surface area contributed by atoms with Crippen LogP contribution >= 0.6 is 0 Å². The average molecular weight is 408 g/mol. The van der Waals surface area contributed by atoms with Crippen molar-refractivity contribution < 1.29 is 19.1 Å². The number of rotatable bonds is 9. The van der Waals surface area contributed by atoms with E-state index < -0.39 is 0 Å². The van der Waals surface area contributed by atoms with Crippen molar-refractivity contribution in [3.63, 3.8) is 0 Å². The van der Waals surface area contributed by atoms with Crippen molar-refractivity contribution in [1.29, 1.82) is 0 Å². The number of methoxy groups -OCH3 is 1. The van der Waals surface area contributed by atoms with Gasteiger partial charge in [-0.05, 0) is 68.5 Å². The second-order valence-electron chi connectivity index (χ2n) is 7.91. The molecule has 0 spiro atoms. The lowest BCUT2D eigenvalue weighted by Gasteiger charge is -2.23. The van der Waals surface area contributed by atoms with Crippen LogP contribution in [0.5, 0.6) is 11.5 Å². The first-order valence-electron chi connectivity index (χ1n) is 10.6. The second kappa shape index (κ2) is 8.78. The Bertz CT molecular complexity index is 917. The van der Waals surface area contributed by atoms with Gasteiger partial charge in [-0.3, -0.25) is 9.59 Å². The fourth-order valence-electron chi connectivity index (χ4n) is 3.45. The fourth-order valence-corrected chi connectivity index (χ4v) is 3.45. The predicted molar refractivity (Wildman–Crippen MR) is 114 cm³/mol.